The van der Waals surface area contributed by atoms with Crippen LogP contribution in [-0.4, -0.2) is 59.6 Å². The highest BCUT2D eigenvalue weighted by atomic mass is 16.5. The van der Waals surface area contributed by atoms with Gasteiger partial charge >= 0.3 is 0 Å². The Labute approximate surface area is 181 Å². The van der Waals surface area contributed by atoms with E-state index in [-0.39, 0.29) is 36.2 Å². The van der Waals surface area contributed by atoms with Gasteiger partial charge in [-0.15, -0.1) is 5.10 Å². The van der Waals surface area contributed by atoms with E-state index in [2.05, 4.69) is 10.5 Å². The Bertz CT molecular complexity index is 989. The molecule has 0 spiro atoms. The lowest BCUT2D eigenvalue weighted by Gasteiger charge is -2.34. The predicted octanol–water partition coefficient (Wildman–Crippen LogP) is 1.70. The molecule has 8 heteroatoms. The third-order valence-corrected chi connectivity index (χ3v) is 5.92. The van der Waals surface area contributed by atoms with Gasteiger partial charge in [-0.3, -0.25) is 14.4 Å². The Kier molecular flexibility index (Phi) is 5.88. The van der Waals surface area contributed by atoms with Crippen LogP contribution in [0.3, 0.4) is 0 Å². The molecule has 2 aliphatic heterocycles. The van der Waals surface area contributed by atoms with Gasteiger partial charge in [0.1, 0.15) is 6.61 Å². The lowest BCUT2D eigenvalue weighted by atomic mass is 9.82. The van der Waals surface area contributed by atoms with E-state index in [1.807, 2.05) is 37.3 Å². The van der Waals surface area contributed by atoms with Crippen LogP contribution in [-0.2, 0) is 20.9 Å². The van der Waals surface area contributed by atoms with Gasteiger partial charge < -0.3 is 14.5 Å². The Hall–Kier alpha value is -3.42. The zero-order valence-corrected chi connectivity index (χ0v) is 17.7. The Morgan fingerprint density at radius 3 is 2.68 bits per heavy atom. The summed E-state index contributed by atoms with van der Waals surface area (Å²) < 4.78 is 5.97. The van der Waals surface area contributed by atoms with E-state index in [1.54, 1.807) is 28.9 Å². The number of nitrogens with one attached hydrogen (secondary N) is 1. The molecule has 162 valence electrons. The smallest absolute Gasteiger partial charge is 0.268 e. The first-order valence-electron chi connectivity index (χ1n) is 10.5. The molecule has 1 fully saturated rings. The van der Waals surface area contributed by atoms with Crippen molar-refractivity contribution in [2.45, 2.75) is 20.5 Å². The Morgan fingerprint density at radius 1 is 1.19 bits per heavy atom. The molecule has 1 aliphatic carbocycles. The molecular weight excluding hydrogens is 396 g/mol. The number of carbonyl (C=O) groups is 3. The average Bonchev–Trinajstić information content (AvgIpc) is 2.79. The number of carbonyl (C=O) groups excluding carboxylic acids is 3. The normalized spacial score (nSPS) is 22.8. The quantitative estimate of drug-likeness (QED) is 0.803. The summed E-state index contributed by atoms with van der Waals surface area (Å²) in [6.45, 7) is 5.98. The molecule has 2 atom stereocenters. The molecule has 1 saturated heterocycles. The molecule has 3 amide bonds. The number of benzene rings is 1. The molecule has 31 heavy (non-hydrogen) atoms. The highest BCUT2D eigenvalue weighted by Crippen LogP contribution is 2.30. The van der Waals surface area contributed by atoms with Gasteiger partial charge in [0, 0.05) is 44.2 Å². The molecule has 4 rings (SSSR count). The molecule has 0 saturated carbocycles. The number of hydrogen-bond acceptors (Lipinski definition) is 5. The molecular formula is C23H26N4O4. The number of nitrogens with zero attached hydrogens (tertiary/aromatic N) is 3. The van der Waals surface area contributed by atoms with Crippen molar-refractivity contribution >= 4 is 23.6 Å². The summed E-state index contributed by atoms with van der Waals surface area (Å²) in [5, 5.41) is 4.13. The van der Waals surface area contributed by atoms with Gasteiger partial charge in [-0.1, -0.05) is 37.3 Å². The Morgan fingerprint density at radius 2 is 1.94 bits per heavy atom. The molecule has 2 unspecified atom stereocenters. The van der Waals surface area contributed by atoms with Crippen molar-refractivity contribution in [2.75, 3.05) is 26.2 Å². The van der Waals surface area contributed by atoms with Crippen molar-refractivity contribution in [3.8, 4) is 0 Å². The first kappa shape index (κ1) is 20.8. The van der Waals surface area contributed by atoms with Crippen molar-refractivity contribution in [3.05, 3.63) is 59.2 Å². The van der Waals surface area contributed by atoms with Crippen LogP contribution in [0.25, 0.3) is 0 Å². The highest BCUT2D eigenvalue weighted by molar-refractivity contribution is 6.04. The first-order valence-corrected chi connectivity index (χ1v) is 10.5. The molecule has 1 aromatic carbocycles. The summed E-state index contributed by atoms with van der Waals surface area (Å²) >= 11 is 0. The van der Waals surface area contributed by atoms with E-state index in [9.17, 15) is 14.4 Å². The summed E-state index contributed by atoms with van der Waals surface area (Å²) in [6.07, 6.45) is 5.70. The molecule has 0 radical (unpaired) electrons. The van der Waals surface area contributed by atoms with E-state index < -0.39 is 0 Å². The fourth-order valence-electron chi connectivity index (χ4n) is 4.13. The van der Waals surface area contributed by atoms with Crippen LogP contribution in [0.5, 0.6) is 0 Å². The van der Waals surface area contributed by atoms with E-state index in [0.717, 1.165) is 5.56 Å². The first-order chi connectivity index (χ1) is 14.9. The van der Waals surface area contributed by atoms with Gasteiger partial charge in [0.25, 0.3) is 11.8 Å². The van der Waals surface area contributed by atoms with E-state index in [1.165, 1.54) is 0 Å². The number of hydrogen-bond donors (Lipinski definition) is 1. The maximum atomic E-state index is 12.9. The van der Waals surface area contributed by atoms with Crippen molar-refractivity contribution in [2.24, 2.45) is 16.9 Å². The number of piperazine rings is 1. The van der Waals surface area contributed by atoms with Crippen molar-refractivity contribution < 1.29 is 19.1 Å². The fraction of sp³-hybridized carbons (Fsp3) is 0.391. The van der Waals surface area contributed by atoms with Gasteiger partial charge in [-0.25, -0.2) is 5.43 Å². The van der Waals surface area contributed by atoms with Crippen molar-refractivity contribution in [1.29, 1.82) is 0 Å². The SMILES string of the molecule is CC(=O)N1CCN(C(=O)c2cccc(COC3=NNC(=O)C4=CC=CC(C)C43)c2)CC1. The number of rotatable bonds is 3. The summed E-state index contributed by atoms with van der Waals surface area (Å²) in [5.74, 6) is 0.149. The second kappa shape index (κ2) is 8.75. The molecule has 0 bridgehead atoms. The highest BCUT2D eigenvalue weighted by Gasteiger charge is 2.35. The van der Waals surface area contributed by atoms with Crippen LogP contribution in [0.1, 0.15) is 29.8 Å². The van der Waals surface area contributed by atoms with Gasteiger partial charge in [0.15, 0.2) is 0 Å². The number of ether oxygens (including phenoxy) is 1. The monoisotopic (exact) mass is 422 g/mol. The third-order valence-electron chi connectivity index (χ3n) is 5.92. The standard InChI is InChI=1S/C23H26N4O4/c1-15-5-3-8-19-20(15)22(25-24-21(19)29)31-14-17-6-4-7-18(13-17)23(30)27-11-9-26(10-12-27)16(2)28/h3-8,13,15,20H,9-12,14H2,1-2H3,(H,24,29). The van der Waals surface area contributed by atoms with E-state index in [0.29, 0.717) is 43.2 Å². The zero-order chi connectivity index (χ0) is 22.0. The summed E-state index contributed by atoms with van der Waals surface area (Å²) in [4.78, 5) is 40.0. The van der Waals surface area contributed by atoms with E-state index >= 15 is 0 Å². The van der Waals surface area contributed by atoms with Crippen LogP contribution < -0.4 is 5.43 Å². The lowest BCUT2D eigenvalue weighted by Crippen LogP contribution is -2.50. The van der Waals surface area contributed by atoms with Gasteiger partial charge in [-0.05, 0) is 23.6 Å². The third kappa shape index (κ3) is 4.38. The van der Waals surface area contributed by atoms with Crippen molar-refractivity contribution in [3.63, 3.8) is 0 Å². The second-order valence-corrected chi connectivity index (χ2v) is 8.02. The van der Waals surface area contributed by atoms with Crippen molar-refractivity contribution in [1.82, 2.24) is 15.2 Å². The van der Waals surface area contributed by atoms with Crippen LogP contribution >= 0.6 is 0 Å². The second-order valence-electron chi connectivity index (χ2n) is 8.02. The number of hydrazone groups is 1. The number of allylic oxidation sites excluding steroid dienone is 3. The minimum Gasteiger partial charge on any atom is -0.474 e. The Balaban J connectivity index is 1.41. The zero-order valence-electron chi connectivity index (χ0n) is 17.7. The van der Waals surface area contributed by atoms with E-state index in [4.69, 9.17) is 4.74 Å². The van der Waals surface area contributed by atoms with Crippen LogP contribution in [0, 0.1) is 11.8 Å². The molecule has 2 heterocycles. The molecule has 0 aromatic heterocycles. The minimum absolute atomic E-state index is 0.0360. The average molecular weight is 422 g/mol. The molecule has 3 aliphatic rings. The van der Waals surface area contributed by atoms with Crippen LogP contribution in [0.4, 0.5) is 0 Å². The topological polar surface area (TPSA) is 91.3 Å². The molecule has 8 nitrogen and oxygen atoms in total. The van der Waals surface area contributed by atoms with Crippen LogP contribution in [0.15, 0.2) is 53.2 Å². The minimum atomic E-state index is -0.207. The largest absolute Gasteiger partial charge is 0.474 e. The molecule has 1 N–H and O–H groups in total. The molecule has 1 aromatic rings. The summed E-state index contributed by atoms with van der Waals surface area (Å²) in [6, 6.07) is 7.34. The maximum Gasteiger partial charge on any atom is 0.268 e. The van der Waals surface area contributed by atoms with Gasteiger partial charge in [0.2, 0.25) is 11.8 Å². The number of fused-ring (bicyclic) bond motifs is 1. The lowest BCUT2D eigenvalue weighted by molar-refractivity contribution is -0.130. The van der Waals surface area contributed by atoms with Crippen LogP contribution in [0.2, 0.25) is 0 Å². The maximum absolute atomic E-state index is 12.9. The summed E-state index contributed by atoms with van der Waals surface area (Å²) in [5.41, 5.74) is 4.59. The fourth-order valence-corrected chi connectivity index (χ4v) is 4.13. The summed E-state index contributed by atoms with van der Waals surface area (Å²) in [7, 11) is 0. The van der Waals surface area contributed by atoms with Gasteiger partial charge in [-0.2, -0.15) is 0 Å². The predicted molar refractivity (Wildman–Crippen MR) is 115 cm³/mol. The van der Waals surface area contributed by atoms with Gasteiger partial charge in [0.05, 0.1) is 5.92 Å². The number of amides is 3.